The molecular weight excluding hydrogens is 451 g/mol. The molecule has 1 heterocycles. The number of halogens is 2. The van der Waals surface area contributed by atoms with Crippen LogP contribution < -0.4 is 4.72 Å². The van der Waals surface area contributed by atoms with Crippen molar-refractivity contribution in [3.8, 4) is 0 Å². The zero-order valence-electron chi connectivity index (χ0n) is 16.2. The Balaban J connectivity index is 1.85. The van der Waals surface area contributed by atoms with Crippen LogP contribution in [-0.2, 0) is 21.2 Å². The number of amides is 1. The Morgan fingerprint density at radius 3 is 2.61 bits per heavy atom. The van der Waals surface area contributed by atoms with E-state index < -0.39 is 39.6 Å². The quantitative estimate of drug-likeness (QED) is 0.704. The van der Waals surface area contributed by atoms with Crippen molar-refractivity contribution in [3.05, 3.63) is 34.1 Å². The van der Waals surface area contributed by atoms with Crippen LogP contribution in [0.1, 0.15) is 45.6 Å². The van der Waals surface area contributed by atoms with Crippen LogP contribution in [0.15, 0.2) is 22.7 Å². The zero-order valence-corrected chi connectivity index (χ0v) is 18.6. The SMILES string of the molecule is CC(C)(C)OC(=O)N1CC[C@H](NS(=O)(=O)C2CC2)[C@@H]1Cc1cccc(Br)c1F. The van der Waals surface area contributed by atoms with Gasteiger partial charge in [-0.25, -0.2) is 22.3 Å². The fraction of sp³-hybridized carbons (Fsp3) is 0.632. The van der Waals surface area contributed by atoms with Crippen molar-refractivity contribution in [3.63, 3.8) is 0 Å². The first-order chi connectivity index (χ1) is 13.0. The Morgan fingerprint density at radius 2 is 2.00 bits per heavy atom. The van der Waals surface area contributed by atoms with Crippen LogP contribution in [0.4, 0.5) is 9.18 Å². The van der Waals surface area contributed by atoms with Gasteiger partial charge in [-0.3, -0.25) is 0 Å². The van der Waals surface area contributed by atoms with Crippen LogP contribution in [0.2, 0.25) is 0 Å². The molecule has 1 aromatic carbocycles. The van der Waals surface area contributed by atoms with Gasteiger partial charge in [-0.2, -0.15) is 0 Å². The smallest absolute Gasteiger partial charge is 0.410 e. The van der Waals surface area contributed by atoms with Gasteiger partial charge < -0.3 is 9.64 Å². The number of ether oxygens (including phenoxy) is 1. The molecule has 28 heavy (non-hydrogen) atoms. The Labute approximate surface area is 174 Å². The minimum Gasteiger partial charge on any atom is -0.444 e. The number of carbonyl (C=O) groups is 1. The average Bonchev–Trinajstić information content (AvgIpc) is 3.35. The summed E-state index contributed by atoms with van der Waals surface area (Å²) in [6.45, 7) is 5.68. The number of carbonyl (C=O) groups excluding carboxylic acids is 1. The lowest BCUT2D eigenvalue weighted by Crippen LogP contribution is -2.49. The first kappa shape index (κ1) is 21.5. The van der Waals surface area contributed by atoms with Gasteiger partial charge in [0, 0.05) is 12.6 Å². The van der Waals surface area contributed by atoms with E-state index in [1.54, 1.807) is 39.0 Å². The summed E-state index contributed by atoms with van der Waals surface area (Å²) in [4.78, 5) is 14.2. The second-order valence-electron chi connectivity index (χ2n) is 8.42. The minimum atomic E-state index is -3.43. The van der Waals surface area contributed by atoms with E-state index in [9.17, 15) is 17.6 Å². The molecule has 9 heteroatoms. The Kier molecular flexibility index (Phi) is 6.08. The molecule has 1 saturated heterocycles. The summed E-state index contributed by atoms with van der Waals surface area (Å²) in [5.41, 5.74) is -0.251. The number of nitrogens with zero attached hydrogens (tertiary/aromatic N) is 1. The molecule has 6 nitrogen and oxygen atoms in total. The van der Waals surface area contributed by atoms with E-state index in [2.05, 4.69) is 20.7 Å². The van der Waals surface area contributed by atoms with Crippen molar-refractivity contribution in [1.82, 2.24) is 9.62 Å². The molecule has 1 aliphatic carbocycles. The third-order valence-electron chi connectivity index (χ3n) is 4.91. The number of hydrogen-bond donors (Lipinski definition) is 1. The molecule has 0 unspecified atom stereocenters. The van der Waals surface area contributed by atoms with E-state index in [1.165, 1.54) is 4.90 Å². The van der Waals surface area contributed by atoms with Crippen LogP contribution in [0, 0.1) is 5.82 Å². The fourth-order valence-corrected chi connectivity index (χ4v) is 5.46. The Hall–Kier alpha value is -1.19. The average molecular weight is 477 g/mol. The maximum absolute atomic E-state index is 14.5. The summed E-state index contributed by atoms with van der Waals surface area (Å²) in [5, 5.41) is -0.355. The molecular formula is C19H26BrFN2O4S. The molecule has 2 aliphatic rings. The summed E-state index contributed by atoms with van der Waals surface area (Å²) in [6, 6.07) is 3.98. The van der Waals surface area contributed by atoms with E-state index >= 15 is 0 Å². The van der Waals surface area contributed by atoms with Gasteiger partial charge in [0.1, 0.15) is 11.4 Å². The number of hydrogen-bond acceptors (Lipinski definition) is 4. The molecule has 2 atom stereocenters. The van der Waals surface area contributed by atoms with Crippen molar-refractivity contribution in [2.75, 3.05) is 6.54 Å². The fourth-order valence-electron chi connectivity index (χ4n) is 3.41. The lowest BCUT2D eigenvalue weighted by atomic mass is 10.0. The first-order valence-electron chi connectivity index (χ1n) is 9.41. The molecule has 1 saturated carbocycles. The van der Waals surface area contributed by atoms with E-state index in [0.29, 0.717) is 35.8 Å². The highest BCUT2D eigenvalue weighted by Crippen LogP contribution is 2.31. The highest BCUT2D eigenvalue weighted by molar-refractivity contribution is 9.10. The summed E-state index contributed by atoms with van der Waals surface area (Å²) < 4.78 is 48.0. The number of likely N-dealkylation sites (tertiary alicyclic amines) is 1. The second kappa shape index (κ2) is 7.91. The Morgan fingerprint density at radius 1 is 1.32 bits per heavy atom. The number of sulfonamides is 1. The predicted molar refractivity (Wildman–Crippen MR) is 108 cm³/mol. The van der Waals surface area contributed by atoms with E-state index in [0.717, 1.165) is 0 Å². The zero-order chi connectivity index (χ0) is 20.7. The van der Waals surface area contributed by atoms with Gasteiger partial charge in [0.05, 0.1) is 15.8 Å². The van der Waals surface area contributed by atoms with E-state index in [-0.39, 0.29) is 11.7 Å². The lowest BCUT2D eigenvalue weighted by molar-refractivity contribution is 0.0218. The van der Waals surface area contributed by atoms with Gasteiger partial charge in [-0.15, -0.1) is 0 Å². The van der Waals surface area contributed by atoms with Crippen LogP contribution in [0.3, 0.4) is 0 Å². The number of rotatable bonds is 5. The molecule has 0 bridgehead atoms. The van der Waals surface area contributed by atoms with Crippen LogP contribution in [-0.4, -0.2) is 48.9 Å². The third-order valence-corrected chi connectivity index (χ3v) is 7.51. The largest absolute Gasteiger partial charge is 0.444 e. The molecule has 1 amide bonds. The first-order valence-corrected chi connectivity index (χ1v) is 11.8. The highest BCUT2D eigenvalue weighted by Gasteiger charge is 2.44. The Bertz CT molecular complexity index is 852. The van der Waals surface area contributed by atoms with Gasteiger partial charge in [0.2, 0.25) is 10.0 Å². The van der Waals surface area contributed by atoms with E-state index in [4.69, 9.17) is 4.74 Å². The summed E-state index contributed by atoms with van der Waals surface area (Å²) in [7, 11) is -3.43. The minimum absolute atomic E-state index is 0.197. The van der Waals surface area contributed by atoms with Gasteiger partial charge in [-0.05, 0) is 74.0 Å². The van der Waals surface area contributed by atoms with Crippen molar-refractivity contribution in [2.45, 2.75) is 69.4 Å². The van der Waals surface area contributed by atoms with Crippen molar-refractivity contribution in [2.24, 2.45) is 0 Å². The molecule has 1 aliphatic heterocycles. The maximum Gasteiger partial charge on any atom is 0.410 e. The van der Waals surface area contributed by atoms with Crippen molar-refractivity contribution >= 4 is 32.0 Å². The molecule has 0 radical (unpaired) electrons. The van der Waals surface area contributed by atoms with Crippen molar-refractivity contribution in [1.29, 1.82) is 0 Å². The second-order valence-corrected chi connectivity index (χ2v) is 11.3. The summed E-state index contributed by atoms with van der Waals surface area (Å²) in [5.74, 6) is -0.401. The van der Waals surface area contributed by atoms with Gasteiger partial charge >= 0.3 is 6.09 Å². The third kappa shape index (κ3) is 5.04. The molecule has 1 aromatic rings. The van der Waals surface area contributed by atoms with Crippen molar-refractivity contribution < 1.29 is 22.3 Å². The van der Waals surface area contributed by atoms with Gasteiger partial charge in [0.25, 0.3) is 0 Å². The summed E-state index contributed by atoms with van der Waals surface area (Å²) in [6.07, 6.45) is 1.46. The topological polar surface area (TPSA) is 75.7 Å². The lowest BCUT2D eigenvalue weighted by Gasteiger charge is -2.31. The molecule has 1 N–H and O–H groups in total. The number of nitrogens with one attached hydrogen (secondary N) is 1. The molecule has 2 fully saturated rings. The van der Waals surface area contributed by atoms with Crippen LogP contribution in [0.25, 0.3) is 0 Å². The molecule has 0 aromatic heterocycles. The predicted octanol–water partition coefficient (Wildman–Crippen LogP) is 3.59. The number of benzene rings is 1. The standard InChI is InChI=1S/C19H26BrFN2O4S/c1-19(2,3)27-18(24)23-10-9-15(22-28(25,26)13-7-8-13)16(23)11-12-5-4-6-14(20)17(12)21/h4-6,13,15-16,22H,7-11H2,1-3H3/t15-,16-/m0/s1. The van der Waals surface area contributed by atoms with Gasteiger partial charge in [-0.1, -0.05) is 12.1 Å². The van der Waals surface area contributed by atoms with Crippen LogP contribution in [0.5, 0.6) is 0 Å². The monoisotopic (exact) mass is 476 g/mol. The van der Waals surface area contributed by atoms with Gasteiger partial charge in [0.15, 0.2) is 0 Å². The highest BCUT2D eigenvalue weighted by atomic mass is 79.9. The molecule has 0 spiro atoms. The van der Waals surface area contributed by atoms with Crippen LogP contribution >= 0.6 is 15.9 Å². The molecule has 3 rings (SSSR count). The summed E-state index contributed by atoms with van der Waals surface area (Å²) >= 11 is 3.18. The molecule has 156 valence electrons. The van der Waals surface area contributed by atoms with E-state index in [1.807, 2.05) is 0 Å². The normalized spacial score (nSPS) is 23.1. The maximum atomic E-state index is 14.5.